The summed E-state index contributed by atoms with van der Waals surface area (Å²) in [6.07, 6.45) is 3.10. The minimum Gasteiger partial charge on any atom is -0.489 e. The Morgan fingerprint density at radius 2 is 2.06 bits per heavy atom. The summed E-state index contributed by atoms with van der Waals surface area (Å²) in [4.78, 5) is 33.8. The number of pyridine rings is 2. The molecule has 5 rings (SSSR count). The van der Waals surface area contributed by atoms with Crippen LogP contribution in [-0.2, 0) is 15.8 Å². The van der Waals surface area contributed by atoms with E-state index in [1.807, 2.05) is 0 Å². The largest absolute Gasteiger partial charge is 0.489 e. The van der Waals surface area contributed by atoms with Gasteiger partial charge in [0.25, 0.3) is 5.91 Å². The molecular weight excluding hydrogens is 467 g/mol. The van der Waals surface area contributed by atoms with E-state index >= 15 is 0 Å². The molecule has 5 N–H and O–H groups in total. The average molecular weight is 490 g/mol. The summed E-state index contributed by atoms with van der Waals surface area (Å²) >= 11 is 0. The standard InChI is InChI=1S/C25H23FN6O4/c1-24(23(27)34)12-36-21-16(24)9-18(30-19(21)13-3-5-14(26)6-4-13)25(2,35)11-29-22(33)20-15-10-28-8-7-17(15)31-32-20/h3-10,35H,11-12H2,1-2H3,(H2,27,34)(H,29,33)(H,31,32)/t24-,25-/m0/s1. The number of carbonyl (C=O) groups is 2. The van der Waals surface area contributed by atoms with Crippen molar-refractivity contribution in [3.8, 4) is 17.0 Å². The molecule has 2 amide bonds. The van der Waals surface area contributed by atoms with E-state index in [0.717, 1.165) is 0 Å². The van der Waals surface area contributed by atoms with Gasteiger partial charge in [-0.2, -0.15) is 5.10 Å². The number of rotatable bonds is 6. The zero-order chi connectivity index (χ0) is 25.7. The first kappa shape index (κ1) is 23.4. The minimum absolute atomic E-state index is 0.00383. The number of carbonyl (C=O) groups excluding carboxylic acids is 2. The van der Waals surface area contributed by atoms with Crippen LogP contribution in [0, 0.1) is 5.82 Å². The van der Waals surface area contributed by atoms with Gasteiger partial charge in [-0.3, -0.25) is 19.7 Å². The Morgan fingerprint density at radius 1 is 1.31 bits per heavy atom. The van der Waals surface area contributed by atoms with Gasteiger partial charge < -0.3 is 20.9 Å². The lowest BCUT2D eigenvalue weighted by atomic mass is 9.82. The normalized spacial score (nSPS) is 18.3. The number of ether oxygens (including phenoxy) is 1. The van der Waals surface area contributed by atoms with E-state index in [1.165, 1.54) is 37.4 Å². The molecule has 0 bridgehead atoms. The second-order valence-electron chi connectivity index (χ2n) is 9.17. The van der Waals surface area contributed by atoms with Crippen molar-refractivity contribution in [2.24, 2.45) is 5.73 Å². The quantitative estimate of drug-likeness (QED) is 0.322. The van der Waals surface area contributed by atoms with E-state index in [4.69, 9.17) is 10.5 Å². The van der Waals surface area contributed by atoms with E-state index in [2.05, 4.69) is 25.5 Å². The van der Waals surface area contributed by atoms with Gasteiger partial charge in [-0.1, -0.05) is 0 Å². The maximum atomic E-state index is 13.6. The third-order valence-corrected chi connectivity index (χ3v) is 6.46. The summed E-state index contributed by atoms with van der Waals surface area (Å²) < 4.78 is 19.4. The second kappa shape index (κ2) is 8.38. The molecule has 3 aromatic heterocycles. The minimum atomic E-state index is -1.66. The van der Waals surface area contributed by atoms with Crippen molar-refractivity contribution in [3.05, 3.63) is 71.6 Å². The van der Waals surface area contributed by atoms with E-state index in [0.29, 0.717) is 33.5 Å². The van der Waals surface area contributed by atoms with Crippen LogP contribution in [-0.4, -0.2) is 50.2 Å². The molecule has 4 heterocycles. The number of aromatic nitrogens is 4. The summed E-state index contributed by atoms with van der Waals surface area (Å²) in [7, 11) is 0. The highest BCUT2D eigenvalue weighted by Gasteiger charge is 2.45. The van der Waals surface area contributed by atoms with Crippen LogP contribution < -0.4 is 15.8 Å². The summed E-state index contributed by atoms with van der Waals surface area (Å²) in [6, 6.07) is 8.86. The van der Waals surface area contributed by atoms with Crippen molar-refractivity contribution in [1.29, 1.82) is 0 Å². The fraction of sp³-hybridized carbons (Fsp3) is 0.240. The third kappa shape index (κ3) is 3.83. The smallest absolute Gasteiger partial charge is 0.272 e. The lowest BCUT2D eigenvalue weighted by Gasteiger charge is -2.26. The molecule has 184 valence electrons. The maximum absolute atomic E-state index is 13.6. The van der Waals surface area contributed by atoms with Gasteiger partial charge in [-0.15, -0.1) is 0 Å². The number of nitrogens with one attached hydrogen (secondary N) is 2. The van der Waals surface area contributed by atoms with Crippen LogP contribution in [0.3, 0.4) is 0 Å². The Bertz CT molecular complexity index is 1500. The number of fused-ring (bicyclic) bond motifs is 2. The molecule has 1 aliphatic rings. The first-order valence-corrected chi connectivity index (χ1v) is 11.1. The molecule has 0 saturated heterocycles. The van der Waals surface area contributed by atoms with E-state index < -0.39 is 28.6 Å². The highest BCUT2D eigenvalue weighted by molar-refractivity contribution is 6.04. The number of nitrogens with two attached hydrogens (primary N) is 1. The Labute approximate surface area is 204 Å². The zero-order valence-corrected chi connectivity index (χ0v) is 19.5. The predicted molar refractivity (Wildman–Crippen MR) is 127 cm³/mol. The molecule has 0 aliphatic carbocycles. The van der Waals surface area contributed by atoms with Crippen LogP contribution in [0.15, 0.2) is 48.8 Å². The lowest BCUT2D eigenvalue weighted by Crippen LogP contribution is -2.41. The number of hydrogen-bond donors (Lipinski definition) is 4. The Hall–Kier alpha value is -4.38. The van der Waals surface area contributed by atoms with Crippen LogP contribution in [0.4, 0.5) is 4.39 Å². The van der Waals surface area contributed by atoms with Crippen LogP contribution in [0.2, 0.25) is 0 Å². The predicted octanol–water partition coefficient (Wildman–Crippen LogP) is 1.93. The number of aromatic amines is 1. The number of H-pyrrole nitrogens is 1. The summed E-state index contributed by atoms with van der Waals surface area (Å²) in [5.41, 5.74) is 5.13. The number of halogens is 1. The van der Waals surface area contributed by atoms with Crippen molar-refractivity contribution in [1.82, 2.24) is 25.5 Å². The molecular formula is C25H23FN6O4. The number of hydrogen-bond acceptors (Lipinski definition) is 7. The monoisotopic (exact) mass is 490 g/mol. The zero-order valence-electron chi connectivity index (χ0n) is 19.5. The fourth-order valence-corrected chi connectivity index (χ4v) is 4.12. The average Bonchev–Trinajstić information content (AvgIpc) is 3.45. The molecule has 0 saturated carbocycles. The number of nitrogens with zero attached hydrogens (tertiary/aromatic N) is 3. The maximum Gasteiger partial charge on any atom is 0.272 e. The Kier molecular flexibility index (Phi) is 5.44. The van der Waals surface area contributed by atoms with Gasteiger partial charge in [0.2, 0.25) is 5.91 Å². The van der Waals surface area contributed by atoms with E-state index in [-0.39, 0.29) is 24.5 Å². The molecule has 0 fully saturated rings. The van der Waals surface area contributed by atoms with Crippen molar-refractivity contribution in [2.45, 2.75) is 24.9 Å². The van der Waals surface area contributed by atoms with Gasteiger partial charge in [0.1, 0.15) is 34.9 Å². The van der Waals surface area contributed by atoms with Crippen molar-refractivity contribution in [3.63, 3.8) is 0 Å². The van der Waals surface area contributed by atoms with E-state index in [1.54, 1.807) is 25.3 Å². The molecule has 1 aliphatic heterocycles. The fourth-order valence-electron chi connectivity index (χ4n) is 4.12. The highest BCUT2D eigenvalue weighted by atomic mass is 19.1. The van der Waals surface area contributed by atoms with Crippen LogP contribution >= 0.6 is 0 Å². The summed E-state index contributed by atoms with van der Waals surface area (Å²) in [6.45, 7) is 2.91. The van der Waals surface area contributed by atoms with Gasteiger partial charge in [-0.25, -0.2) is 9.37 Å². The molecule has 4 aromatic rings. The summed E-state index contributed by atoms with van der Waals surface area (Å²) in [5.74, 6) is -1.21. The van der Waals surface area contributed by atoms with Crippen LogP contribution in [0.1, 0.15) is 35.6 Å². The van der Waals surface area contributed by atoms with Crippen LogP contribution in [0.5, 0.6) is 5.75 Å². The number of amides is 2. The number of benzene rings is 1. The number of aliphatic hydroxyl groups is 1. The van der Waals surface area contributed by atoms with Crippen molar-refractivity contribution in [2.75, 3.05) is 13.2 Å². The molecule has 0 radical (unpaired) electrons. The molecule has 11 heteroatoms. The van der Waals surface area contributed by atoms with Crippen molar-refractivity contribution >= 4 is 22.7 Å². The second-order valence-corrected chi connectivity index (χ2v) is 9.17. The topological polar surface area (TPSA) is 156 Å². The highest BCUT2D eigenvalue weighted by Crippen LogP contribution is 2.45. The molecule has 0 unspecified atom stereocenters. The van der Waals surface area contributed by atoms with Gasteiger partial charge in [0.15, 0.2) is 5.69 Å². The van der Waals surface area contributed by atoms with Crippen LogP contribution in [0.25, 0.3) is 22.2 Å². The van der Waals surface area contributed by atoms with Gasteiger partial charge >= 0.3 is 0 Å². The molecule has 1 aromatic carbocycles. The SMILES string of the molecule is C[C@](O)(CNC(=O)c1n[nH]c2ccncc12)c1cc2c(c(-c3ccc(F)cc3)n1)OC[C@]2(C)C(N)=O. The van der Waals surface area contributed by atoms with E-state index in [9.17, 15) is 19.1 Å². The van der Waals surface area contributed by atoms with Gasteiger partial charge in [0.05, 0.1) is 23.1 Å². The van der Waals surface area contributed by atoms with Crippen molar-refractivity contribution < 1.29 is 23.8 Å². The Morgan fingerprint density at radius 3 is 2.78 bits per heavy atom. The van der Waals surface area contributed by atoms with Gasteiger partial charge in [-0.05, 0) is 50.2 Å². The molecule has 36 heavy (non-hydrogen) atoms. The first-order valence-electron chi connectivity index (χ1n) is 11.1. The number of primary amides is 1. The molecule has 0 spiro atoms. The summed E-state index contributed by atoms with van der Waals surface area (Å²) in [5, 5.41) is 21.4. The van der Waals surface area contributed by atoms with Gasteiger partial charge in [0, 0.05) is 23.5 Å². The third-order valence-electron chi connectivity index (χ3n) is 6.46. The molecule has 10 nitrogen and oxygen atoms in total. The molecule has 2 atom stereocenters. The lowest BCUT2D eigenvalue weighted by molar-refractivity contribution is -0.123. The first-order chi connectivity index (χ1) is 17.1. The Balaban J connectivity index is 1.51.